The van der Waals surface area contributed by atoms with Gasteiger partial charge in [-0.2, -0.15) is 5.10 Å². The molecule has 2 aromatic heterocycles. The molecule has 1 amide bonds. The first-order valence-electron chi connectivity index (χ1n) is 8.67. The molecule has 1 fully saturated rings. The van der Waals surface area contributed by atoms with Gasteiger partial charge in [-0.1, -0.05) is 6.07 Å². The third-order valence-corrected chi connectivity index (χ3v) is 5.38. The number of nitrogens with zero attached hydrogens (tertiary/aromatic N) is 3. The maximum atomic E-state index is 14.5. The fourth-order valence-electron chi connectivity index (χ4n) is 3.22. The second-order valence-corrected chi connectivity index (χ2v) is 7.32. The Labute approximate surface area is 159 Å². The van der Waals surface area contributed by atoms with Crippen LogP contribution in [0.1, 0.15) is 23.3 Å². The molecule has 4 rings (SSSR count). The molecule has 0 saturated carbocycles. The van der Waals surface area contributed by atoms with E-state index in [9.17, 15) is 9.18 Å². The van der Waals surface area contributed by atoms with Gasteiger partial charge in [0.15, 0.2) is 0 Å². The Kier molecular flexibility index (Phi) is 4.87. The molecule has 0 radical (unpaired) electrons. The van der Waals surface area contributed by atoms with Crippen LogP contribution in [0.3, 0.4) is 0 Å². The molecule has 3 aromatic rings. The molecule has 0 aliphatic carbocycles. The van der Waals surface area contributed by atoms with Gasteiger partial charge in [-0.15, -0.1) is 11.3 Å². The summed E-state index contributed by atoms with van der Waals surface area (Å²) in [5, 5.41) is 11.8. The lowest BCUT2D eigenvalue weighted by atomic mass is 10.1. The van der Waals surface area contributed by atoms with Gasteiger partial charge in [0.2, 0.25) is 0 Å². The number of carbonyl (C=O) groups is 1. The summed E-state index contributed by atoms with van der Waals surface area (Å²) >= 11 is 1.35. The van der Waals surface area contributed by atoms with Crippen molar-refractivity contribution in [2.24, 2.45) is 5.73 Å². The van der Waals surface area contributed by atoms with E-state index in [4.69, 9.17) is 5.73 Å². The zero-order valence-electron chi connectivity index (χ0n) is 14.5. The Bertz CT molecular complexity index is 941. The van der Waals surface area contributed by atoms with E-state index in [0.717, 1.165) is 18.4 Å². The lowest BCUT2D eigenvalue weighted by molar-refractivity contribution is 0.102. The highest BCUT2D eigenvalue weighted by atomic mass is 32.1. The second-order valence-electron chi connectivity index (χ2n) is 6.46. The summed E-state index contributed by atoms with van der Waals surface area (Å²) in [4.78, 5) is 18.9. The number of halogens is 1. The average Bonchev–Trinajstić information content (AvgIpc) is 3.33. The Morgan fingerprint density at radius 2 is 2.33 bits per heavy atom. The zero-order valence-corrected chi connectivity index (χ0v) is 15.3. The first kappa shape index (κ1) is 17.6. The number of hydrogen-bond donors (Lipinski definition) is 3. The first-order chi connectivity index (χ1) is 13.1. The number of nitrogens with two attached hydrogens (primary N) is 1. The van der Waals surface area contributed by atoms with Crippen LogP contribution < -0.4 is 16.0 Å². The van der Waals surface area contributed by atoms with Crippen molar-refractivity contribution in [3.05, 3.63) is 47.5 Å². The van der Waals surface area contributed by atoms with Gasteiger partial charge in [0.1, 0.15) is 16.5 Å². The van der Waals surface area contributed by atoms with Crippen molar-refractivity contribution < 1.29 is 9.18 Å². The van der Waals surface area contributed by atoms with E-state index in [1.165, 1.54) is 17.4 Å². The average molecular weight is 386 g/mol. The van der Waals surface area contributed by atoms with Crippen LogP contribution in [-0.2, 0) is 0 Å². The quantitative estimate of drug-likeness (QED) is 0.640. The monoisotopic (exact) mass is 386 g/mol. The Hall–Kier alpha value is -2.78. The highest BCUT2D eigenvalue weighted by Gasteiger charge is 2.23. The smallest absolute Gasteiger partial charge is 0.275 e. The van der Waals surface area contributed by atoms with E-state index in [2.05, 4.69) is 20.5 Å². The standard InChI is InChI=1S/C18H19FN6OS/c19-13-4-1-5-14(16(13)25-6-2-3-12(20)9-25)23-17(26)15-10-27-18(24-15)11-7-21-22-8-11/h1,4-5,7-8,10,12H,2-3,6,9,20H2,(H,21,22)(H,23,26). The van der Waals surface area contributed by atoms with Crippen molar-refractivity contribution in [2.45, 2.75) is 18.9 Å². The Balaban J connectivity index is 1.57. The van der Waals surface area contributed by atoms with Gasteiger partial charge in [-0.25, -0.2) is 9.37 Å². The van der Waals surface area contributed by atoms with Crippen molar-refractivity contribution in [3.63, 3.8) is 0 Å². The van der Waals surface area contributed by atoms with Gasteiger partial charge in [0.05, 0.1) is 17.6 Å². The SMILES string of the molecule is NC1CCCN(c2c(F)cccc2NC(=O)c2csc(-c3cn[nH]c3)n2)C1. The van der Waals surface area contributed by atoms with Gasteiger partial charge in [0.25, 0.3) is 5.91 Å². The molecule has 27 heavy (non-hydrogen) atoms. The molecule has 3 heterocycles. The number of carbonyl (C=O) groups excluding carboxylic acids is 1. The number of amides is 1. The third-order valence-electron chi connectivity index (χ3n) is 4.49. The number of thiazole rings is 1. The summed E-state index contributed by atoms with van der Waals surface area (Å²) < 4.78 is 14.5. The summed E-state index contributed by atoms with van der Waals surface area (Å²) in [7, 11) is 0. The van der Waals surface area contributed by atoms with Crippen LogP contribution in [0, 0.1) is 5.82 Å². The van der Waals surface area contributed by atoms with Crippen molar-refractivity contribution in [1.82, 2.24) is 15.2 Å². The maximum absolute atomic E-state index is 14.5. The Morgan fingerprint density at radius 3 is 3.11 bits per heavy atom. The van der Waals surface area contributed by atoms with Gasteiger partial charge in [-0.05, 0) is 25.0 Å². The van der Waals surface area contributed by atoms with E-state index >= 15 is 0 Å². The van der Waals surface area contributed by atoms with E-state index < -0.39 is 0 Å². The van der Waals surface area contributed by atoms with Crippen molar-refractivity contribution in [2.75, 3.05) is 23.3 Å². The number of anilines is 2. The molecule has 0 spiro atoms. The topological polar surface area (TPSA) is 99.9 Å². The molecule has 1 aromatic carbocycles. The number of hydrogen-bond acceptors (Lipinski definition) is 6. The van der Waals surface area contributed by atoms with E-state index in [1.807, 2.05) is 4.90 Å². The molecule has 140 valence electrons. The van der Waals surface area contributed by atoms with Gasteiger partial charge >= 0.3 is 0 Å². The number of benzene rings is 1. The van der Waals surface area contributed by atoms with Crippen LogP contribution in [0.4, 0.5) is 15.8 Å². The van der Waals surface area contributed by atoms with Crippen LogP contribution in [-0.4, -0.2) is 40.2 Å². The summed E-state index contributed by atoms with van der Waals surface area (Å²) in [5.41, 5.74) is 7.93. The van der Waals surface area contributed by atoms with Crippen LogP contribution in [0.2, 0.25) is 0 Å². The van der Waals surface area contributed by atoms with Crippen molar-refractivity contribution in [1.29, 1.82) is 0 Å². The van der Waals surface area contributed by atoms with Crippen molar-refractivity contribution in [3.8, 4) is 10.6 Å². The lowest BCUT2D eigenvalue weighted by Gasteiger charge is -2.34. The predicted octanol–water partition coefficient (Wildman–Crippen LogP) is 2.85. The molecular weight excluding hydrogens is 367 g/mol. The molecule has 7 nitrogen and oxygen atoms in total. The molecule has 1 saturated heterocycles. The first-order valence-corrected chi connectivity index (χ1v) is 9.55. The molecule has 1 unspecified atom stereocenters. The molecular formula is C18H19FN6OS. The van der Waals surface area contributed by atoms with Crippen LogP contribution in [0.25, 0.3) is 10.6 Å². The van der Waals surface area contributed by atoms with E-state index in [-0.39, 0.29) is 23.5 Å². The largest absolute Gasteiger partial charge is 0.366 e. The molecule has 1 atom stereocenters. The van der Waals surface area contributed by atoms with Crippen molar-refractivity contribution >= 4 is 28.6 Å². The highest BCUT2D eigenvalue weighted by Crippen LogP contribution is 2.32. The van der Waals surface area contributed by atoms with E-state index in [1.54, 1.807) is 29.9 Å². The number of H-pyrrole nitrogens is 1. The van der Waals surface area contributed by atoms with Gasteiger partial charge < -0.3 is 16.0 Å². The number of aromatic amines is 1. The highest BCUT2D eigenvalue weighted by molar-refractivity contribution is 7.13. The lowest BCUT2D eigenvalue weighted by Crippen LogP contribution is -2.43. The number of piperidine rings is 1. The molecule has 0 bridgehead atoms. The fourth-order valence-corrected chi connectivity index (χ4v) is 4.00. The second kappa shape index (κ2) is 7.45. The number of aromatic nitrogens is 3. The number of rotatable bonds is 4. The third kappa shape index (κ3) is 3.69. The normalized spacial score (nSPS) is 17.1. The fraction of sp³-hybridized carbons (Fsp3) is 0.278. The zero-order chi connectivity index (χ0) is 18.8. The number of para-hydroxylation sites is 1. The van der Waals surface area contributed by atoms with Gasteiger partial charge in [0, 0.05) is 36.3 Å². The summed E-state index contributed by atoms with van der Waals surface area (Å²) in [5.74, 6) is -0.756. The number of nitrogens with one attached hydrogen (secondary N) is 2. The molecule has 1 aliphatic rings. The molecule has 9 heteroatoms. The molecule has 1 aliphatic heterocycles. The van der Waals surface area contributed by atoms with Crippen LogP contribution >= 0.6 is 11.3 Å². The molecule has 4 N–H and O–H groups in total. The predicted molar refractivity (Wildman–Crippen MR) is 103 cm³/mol. The maximum Gasteiger partial charge on any atom is 0.275 e. The van der Waals surface area contributed by atoms with Crippen LogP contribution in [0.5, 0.6) is 0 Å². The summed E-state index contributed by atoms with van der Waals surface area (Å²) in [6.07, 6.45) is 5.17. The van der Waals surface area contributed by atoms with Gasteiger partial charge in [-0.3, -0.25) is 9.89 Å². The van der Waals surface area contributed by atoms with E-state index in [0.29, 0.717) is 29.5 Å². The summed E-state index contributed by atoms with van der Waals surface area (Å²) in [6, 6.07) is 4.67. The Morgan fingerprint density at radius 1 is 1.44 bits per heavy atom. The minimum absolute atomic E-state index is 0.00188. The summed E-state index contributed by atoms with van der Waals surface area (Å²) in [6.45, 7) is 1.27. The minimum atomic E-state index is -0.380. The van der Waals surface area contributed by atoms with Crippen LogP contribution in [0.15, 0.2) is 36.0 Å². The minimum Gasteiger partial charge on any atom is -0.366 e.